The van der Waals surface area contributed by atoms with E-state index in [0.29, 0.717) is 36.5 Å². The zero-order valence-electron chi connectivity index (χ0n) is 23.4. The minimum Gasteiger partial charge on any atom is -0.507 e. The lowest BCUT2D eigenvalue weighted by Gasteiger charge is -2.34. The van der Waals surface area contributed by atoms with Crippen LogP contribution in [0.4, 0.5) is 4.79 Å². The third kappa shape index (κ3) is 5.55. The minimum absolute atomic E-state index is 0.228. The van der Waals surface area contributed by atoms with E-state index in [1.54, 1.807) is 6.07 Å². The molecule has 0 bridgehead atoms. The quantitative estimate of drug-likeness (QED) is 0.269. The number of piperidine rings is 1. The van der Waals surface area contributed by atoms with Gasteiger partial charge in [-0.05, 0) is 99.9 Å². The Labute approximate surface area is 240 Å². The van der Waals surface area contributed by atoms with Crippen molar-refractivity contribution < 1.29 is 14.6 Å². The Morgan fingerprint density at radius 1 is 1.02 bits per heavy atom. The van der Waals surface area contributed by atoms with Gasteiger partial charge in [-0.2, -0.15) is 0 Å². The molecule has 4 aromatic rings. The van der Waals surface area contributed by atoms with Gasteiger partial charge in [-0.25, -0.2) is 9.78 Å². The summed E-state index contributed by atoms with van der Waals surface area (Å²) >= 11 is 6.12. The molecule has 3 aromatic carbocycles. The first kappa shape index (κ1) is 26.7. The molecule has 2 aliphatic rings. The lowest BCUT2D eigenvalue weighted by molar-refractivity contribution is 0.0189. The molecule has 7 heteroatoms. The summed E-state index contributed by atoms with van der Waals surface area (Å²) in [5.41, 5.74) is 5.69. The predicted molar refractivity (Wildman–Crippen MR) is 159 cm³/mol. The molecule has 208 valence electrons. The number of carbonyl (C=O) groups is 1. The van der Waals surface area contributed by atoms with Gasteiger partial charge in [0.25, 0.3) is 0 Å². The van der Waals surface area contributed by atoms with E-state index in [4.69, 9.17) is 21.3 Å². The average molecular weight is 558 g/mol. The number of amides is 1. The molecule has 6 rings (SSSR count). The van der Waals surface area contributed by atoms with Gasteiger partial charge in [0.1, 0.15) is 17.2 Å². The smallest absolute Gasteiger partial charge is 0.410 e. The van der Waals surface area contributed by atoms with Crippen LogP contribution in [0.5, 0.6) is 5.75 Å². The van der Waals surface area contributed by atoms with E-state index in [1.165, 1.54) is 24.2 Å². The molecule has 0 unspecified atom stereocenters. The molecule has 1 saturated carbocycles. The summed E-state index contributed by atoms with van der Waals surface area (Å²) < 4.78 is 8.08. The van der Waals surface area contributed by atoms with E-state index in [-0.39, 0.29) is 11.8 Å². The standard InChI is InChI=1S/C33H36ClN3O3/c1-33(2,3)40-32(39)36-17-15-26(16-18-36)37-28-20-21(7-14-27(28)35-31(37)23-8-9-23)19-24-5-4-6-29(38)30(24)22-10-12-25(34)13-11-22/h4-7,10-14,20,23,26,38H,8-9,15-19H2,1-3H3. The first-order chi connectivity index (χ1) is 19.2. The summed E-state index contributed by atoms with van der Waals surface area (Å²) in [6.45, 7) is 7.07. The third-order valence-electron chi connectivity index (χ3n) is 7.86. The molecule has 0 spiro atoms. The molecule has 1 saturated heterocycles. The highest BCUT2D eigenvalue weighted by atomic mass is 35.5. The molecule has 2 heterocycles. The zero-order valence-corrected chi connectivity index (χ0v) is 24.1. The van der Waals surface area contributed by atoms with Gasteiger partial charge in [-0.3, -0.25) is 0 Å². The fraction of sp³-hybridized carbons (Fsp3) is 0.394. The summed E-state index contributed by atoms with van der Waals surface area (Å²) in [4.78, 5) is 19.6. The van der Waals surface area contributed by atoms with Crippen molar-refractivity contribution in [2.75, 3.05) is 13.1 Å². The number of likely N-dealkylation sites (tertiary alicyclic amines) is 1. The highest BCUT2D eigenvalue weighted by Crippen LogP contribution is 2.43. The highest BCUT2D eigenvalue weighted by Gasteiger charge is 2.34. The van der Waals surface area contributed by atoms with Gasteiger partial charge in [0, 0.05) is 35.6 Å². The van der Waals surface area contributed by atoms with Gasteiger partial charge in [-0.15, -0.1) is 0 Å². The van der Waals surface area contributed by atoms with E-state index in [1.807, 2.05) is 56.0 Å². The molecule has 1 aromatic heterocycles. The van der Waals surface area contributed by atoms with E-state index < -0.39 is 5.60 Å². The van der Waals surface area contributed by atoms with Crippen molar-refractivity contribution in [3.63, 3.8) is 0 Å². The van der Waals surface area contributed by atoms with Crippen LogP contribution in [0.1, 0.15) is 75.4 Å². The van der Waals surface area contributed by atoms with E-state index in [0.717, 1.165) is 40.6 Å². The van der Waals surface area contributed by atoms with Crippen molar-refractivity contribution in [1.82, 2.24) is 14.5 Å². The maximum Gasteiger partial charge on any atom is 0.410 e. The molecule has 1 aliphatic carbocycles. The lowest BCUT2D eigenvalue weighted by Crippen LogP contribution is -2.42. The van der Waals surface area contributed by atoms with Crippen molar-refractivity contribution in [3.05, 3.63) is 82.6 Å². The maximum absolute atomic E-state index is 12.7. The van der Waals surface area contributed by atoms with Crippen molar-refractivity contribution in [2.24, 2.45) is 0 Å². The predicted octanol–water partition coefficient (Wildman–Crippen LogP) is 8.10. The first-order valence-corrected chi connectivity index (χ1v) is 14.6. The van der Waals surface area contributed by atoms with E-state index >= 15 is 0 Å². The monoisotopic (exact) mass is 557 g/mol. The minimum atomic E-state index is -0.493. The first-order valence-electron chi connectivity index (χ1n) is 14.2. The summed E-state index contributed by atoms with van der Waals surface area (Å²) in [6.07, 6.45) is 4.57. The molecular formula is C33H36ClN3O3. The molecule has 1 N–H and O–H groups in total. The number of rotatable bonds is 5. The number of phenolic OH excluding ortho intramolecular Hbond substituents is 1. The summed E-state index contributed by atoms with van der Waals surface area (Å²) in [5, 5.41) is 11.5. The summed E-state index contributed by atoms with van der Waals surface area (Å²) in [7, 11) is 0. The number of aromatic hydroxyl groups is 1. The largest absolute Gasteiger partial charge is 0.507 e. The van der Waals surface area contributed by atoms with Crippen molar-refractivity contribution >= 4 is 28.7 Å². The van der Waals surface area contributed by atoms with Gasteiger partial charge in [0.05, 0.1) is 11.0 Å². The second-order valence-corrected chi connectivity index (χ2v) is 12.6. The molecule has 0 atom stereocenters. The van der Waals surface area contributed by atoms with Gasteiger partial charge < -0.3 is 19.3 Å². The number of phenols is 1. The second kappa shape index (κ2) is 10.5. The Morgan fingerprint density at radius 3 is 2.42 bits per heavy atom. The molecule has 1 aliphatic heterocycles. The molecule has 6 nitrogen and oxygen atoms in total. The molecule has 2 fully saturated rings. The Bertz CT molecular complexity index is 1540. The Morgan fingerprint density at radius 2 is 1.75 bits per heavy atom. The fourth-order valence-corrected chi connectivity index (χ4v) is 5.94. The van der Waals surface area contributed by atoms with Crippen LogP contribution in [0.25, 0.3) is 22.2 Å². The van der Waals surface area contributed by atoms with Gasteiger partial charge in [-0.1, -0.05) is 41.9 Å². The summed E-state index contributed by atoms with van der Waals surface area (Å²) in [5.74, 6) is 1.96. The SMILES string of the molecule is CC(C)(C)OC(=O)N1CCC(n2c(C3CC3)nc3ccc(Cc4cccc(O)c4-c4ccc(Cl)cc4)cc32)CC1. The lowest BCUT2D eigenvalue weighted by atomic mass is 9.94. The topological polar surface area (TPSA) is 67.6 Å². The van der Waals surface area contributed by atoms with Gasteiger partial charge >= 0.3 is 6.09 Å². The number of ether oxygens (including phenoxy) is 1. The second-order valence-electron chi connectivity index (χ2n) is 12.1. The number of halogens is 1. The Hall–Kier alpha value is -3.51. The molecule has 1 amide bonds. The number of fused-ring (bicyclic) bond motifs is 1. The number of benzene rings is 3. The third-order valence-corrected chi connectivity index (χ3v) is 8.11. The van der Waals surface area contributed by atoms with Crippen LogP contribution in [0, 0.1) is 0 Å². The number of hydrogen-bond donors (Lipinski definition) is 1. The Balaban J connectivity index is 1.30. The van der Waals surface area contributed by atoms with Gasteiger partial charge in [0.15, 0.2) is 0 Å². The van der Waals surface area contributed by atoms with Crippen LogP contribution in [0.3, 0.4) is 0 Å². The fourth-order valence-electron chi connectivity index (χ4n) is 5.82. The normalized spacial score (nSPS) is 16.4. The van der Waals surface area contributed by atoms with Crippen molar-refractivity contribution in [3.8, 4) is 16.9 Å². The average Bonchev–Trinajstić information content (AvgIpc) is 3.69. The molecule has 40 heavy (non-hydrogen) atoms. The van der Waals surface area contributed by atoms with Crippen LogP contribution in [-0.4, -0.2) is 44.3 Å². The van der Waals surface area contributed by atoms with Crippen LogP contribution >= 0.6 is 11.6 Å². The zero-order chi connectivity index (χ0) is 28.0. The number of hydrogen-bond acceptors (Lipinski definition) is 4. The van der Waals surface area contributed by atoms with Crippen LogP contribution in [0.2, 0.25) is 5.02 Å². The molecular weight excluding hydrogens is 522 g/mol. The van der Waals surface area contributed by atoms with Crippen molar-refractivity contribution in [2.45, 2.75) is 70.4 Å². The number of aromatic nitrogens is 2. The number of carbonyl (C=O) groups excluding carboxylic acids is 1. The highest BCUT2D eigenvalue weighted by molar-refractivity contribution is 6.30. The molecule has 0 radical (unpaired) electrons. The summed E-state index contributed by atoms with van der Waals surface area (Å²) in [6, 6.07) is 20.2. The van der Waals surface area contributed by atoms with Crippen LogP contribution in [-0.2, 0) is 11.2 Å². The Kier molecular flexibility index (Phi) is 6.99. The van der Waals surface area contributed by atoms with Crippen LogP contribution in [0.15, 0.2) is 60.7 Å². The van der Waals surface area contributed by atoms with Gasteiger partial charge in [0.2, 0.25) is 0 Å². The van der Waals surface area contributed by atoms with Crippen LogP contribution < -0.4 is 0 Å². The maximum atomic E-state index is 12.7. The van der Waals surface area contributed by atoms with Crippen molar-refractivity contribution in [1.29, 1.82) is 0 Å². The number of imidazole rings is 1. The number of nitrogens with zero attached hydrogens (tertiary/aromatic N) is 3. The van der Waals surface area contributed by atoms with E-state index in [2.05, 4.69) is 28.8 Å². The van der Waals surface area contributed by atoms with E-state index in [9.17, 15) is 9.90 Å².